The van der Waals surface area contributed by atoms with E-state index in [0.717, 1.165) is 22.9 Å². The molecule has 4 nitrogen and oxygen atoms in total. The highest BCUT2D eigenvalue weighted by molar-refractivity contribution is 7.99. The highest BCUT2D eigenvalue weighted by Gasteiger charge is 2.25. The van der Waals surface area contributed by atoms with Gasteiger partial charge in [0.25, 0.3) is 5.56 Å². The summed E-state index contributed by atoms with van der Waals surface area (Å²) >= 11 is 15.1. The van der Waals surface area contributed by atoms with Gasteiger partial charge in [-0.3, -0.25) is 9.89 Å². The molecule has 0 aliphatic heterocycles. The van der Waals surface area contributed by atoms with Gasteiger partial charge in [-0.15, -0.1) is 0 Å². The van der Waals surface area contributed by atoms with Gasteiger partial charge in [0.1, 0.15) is 10.9 Å². The first kappa shape index (κ1) is 19.2. The molecule has 0 saturated carbocycles. The number of benzene rings is 2. The third-order valence-electron chi connectivity index (χ3n) is 4.19. The lowest BCUT2D eigenvalue weighted by atomic mass is 10.0. The topological polar surface area (TPSA) is 58.0 Å². The fraction of sp³-hybridized carbons (Fsp3) is 0.0500. The Labute approximate surface area is 179 Å². The van der Waals surface area contributed by atoms with Crippen LogP contribution in [0.15, 0.2) is 79.9 Å². The molecule has 28 heavy (non-hydrogen) atoms. The summed E-state index contributed by atoms with van der Waals surface area (Å²) in [5, 5.41) is 18.7. The van der Waals surface area contributed by atoms with Crippen molar-refractivity contribution in [2.75, 3.05) is 0 Å². The zero-order chi connectivity index (χ0) is 19.7. The molecule has 0 saturated heterocycles. The average molecular weight is 449 g/mol. The summed E-state index contributed by atoms with van der Waals surface area (Å²) in [5.74, 6) is -0.147. The van der Waals surface area contributed by atoms with Crippen molar-refractivity contribution in [3.05, 3.63) is 96.9 Å². The van der Waals surface area contributed by atoms with Crippen molar-refractivity contribution in [2.45, 2.75) is 15.8 Å². The summed E-state index contributed by atoms with van der Waals surface area (Å²) < 4.78 is 1.47. The largest absolute Gasteiger partial charge is 0.493 e. The molecule has 0 bridgehead atoms. The van der Waals surface area contributed by atoms with Crippen molar-refractivity contribution in [1.29, 1.82) is 0 Å². The van der Waals surface area contributed by atoms with E-state index >= 15 is 0 Å². The molecule has 2 N–H and O–H groups in total. The fourth-order valence-electron chi connectivity index (χ4n) is 2.94. The Balaban J connectivity index is 1.82. The van der Waals surface area contributed by atoms with Gasteiger partial charge >= 0.3 is 0 Å². The number of aromatic nitrogens is 2. The number of nitrogens with zero attached hydrogens (tertiary/aromatic N) is 1. The summed E-state index contributed by atoms with van der Waals surface area (Å²) in [6.07, 6.45) is 0. The minimum Gasteiger partial charge on any atom is -0.493 e. The molecule has 1 atom stereocenters. The van der Waals surface area contributed by atoms with E-state index in [4.69, 9.17) is 23.2 Å². The highest BCUT2D eigenvalue weighted by atomic mass is 35.5. The molecule has 142 valence electrons. The molecule has 0 aliphatic rings. The molecule has 2 aromatic carbocycles. The Morgan fingerprint density at radius 3 is 2.61 bits per heavy atom. The lowest BCUT2D eigenvalue weighted by molar-refractivity contribution is 0.385. The molecule has 1 unspecified atom stereocenters. The van der Waals surface area contributed by atoms with Gasteiger partial charge in [0.2, 0.25) is 5.88 Å². The second kappa shape index (κ2) is 8.09. The SMILES string of the molecule is O=c1[nH]n(C(c2ccsc2)c2cccc(Cl)c2)c(O)c1Sc1ccccc1Cl. The van der Waals surface area contributed by atoms with Crippen molar-refractivity contribution in [1.82, 2.24) is 9.78 Å². The summed E-state index contributed by atoms with van der Waals surface area (Å²) in [6, 6.07) is 16.1. The van der Waals surface area contributed by atoms with Crippen LogP contribution < -0.4 is 5.56 Å². The Hall–Kier alpha value is -2.12. The maximum atomic E-state index is 12.6. The fourth-order valence-corrected chi connectivity index (χ4v) is 4.93. The van der Waals surface area contributed by atoms with Gasteiger partial charge in [-0.25, -0.2) is 4.68 Å². The van der Waals surface area contributed by atoms with Crippen LogP contribution in [0, 0.1) is 0 Å². The van der Waals surface area contributed by atoms with Gasteiger partial charge in [0.05, 0.1) is 5.02 Å². The predicted molar refractivity (Wildman–Crippen MR) is 115 cm³/mol. The molecule has 0 aliphatic carbocycles. The van der Waals surface area contributed by atoms with Crippen LogP contribution in [0.5, 0.6) is 5.88 Å². The molecule has 0 fully saturated rings. The average Bonchev–Trinajstić information content (AvgIpc) is 3.29. The number of rotatable bonds is 5. The van der Waals surface area contributed by atoms with Gasteiger partial charge in [0, 0.05) is 9.92 Å². The monoisotopic (exact) mass is 448 g/mol. The van der Waals surface area contributed by atoms with E-state index in [1.54, 1.807) is 29.5 Å². The van der Waals surface area contributed by atoms with Crippen molar-refractivity contribution >= 4 is 46.3 Å². The predicted octanol–water partition coefficient (Wildman–Crippen LogP) is 6.04. The number of halogens is 2. The minimum atomic E-state index is -0.418. The Bertz CT molecular complexity index is 1170. The van der Waals surface area contributed by atoms with Gasteiger partial charge in [-0.1, -0.05) is 59.2 Å². The molecule has 2 heterocycles. The summed E-state index contributed by atoms with van der Waals surface area (Å²) in [5.41, 5.74) is 1.40. The normalized spacial score (nSPS) is 12.2. The maximum Gasteiger partial charge on any atom is 0.282 e. The summed E-state index contributed by atoms with van der Waals surface area (Å²) in [4.78, 5) is 13.5. The lowest BCUT2D eigenvalue weighted by Crippen LogP contribution is -2.15. The van der Waals surface area contributed by atoms with Crippen LogP contribution in [0.4, 0.5) is 0 Å². The number of aromatic hydroxyl groups is 1. The number of H-pyrrole nitrogens is 1. The number of thiophene rings is 1. The lowest BCUT2D eigenvalue weighted by Gasteiger charge is -2.19. The second-order valence-electron chi connectivity index (χ2n) is 6.01. The molecular weight excluding hydrogens is 435 g/mol. The number of nitrogens with one attached hydrogen (secondary N) is 1. The van der Waals surface area contributed by atoms with Gasteiger partial charge in [-0.2, -0.15) is 11.3 Å². The van der Waals surface area contributed by atoms with Gasteiger partial charge in [-0.05, 0) is 52.2 Å². The Kier molecular flexibility index (Phi) is 5.55. The standard InChI is InChI=1S/C20H14Cl2N2O2S2/c21-14-5-3-4-12(10-14)17(13-8-9-27-11-13)24-20(26)18(19(25)23-24)28-16-7-2-1-6-15(16)22/h1-11,17,26H,(H,23,25). The van der Waals surface area contributed by atoms with Crippen LogP contribution in [0.3, 0.4) is 0 Å². The van der Waals surface area contributed by atoms with Crippen LogP contribution in [-0.4, -0.2) is 14.9 Å². The maximum absolute atomic E-state index is 12.6. The molecular formula is C20H14Cl2N2O2S2. The summed E-state index contributed by atoms with van der Waals surface area (Å²) in [7, 11) is 0. The van der Waals surface area contributed by atoms with Crippen LogP contribution in [-0.2, 0) is 0 Å². The van der Waals surface area contributed by atoms with Crippen molar-refractivity contribution in [2.24, 2.45) is 0 Å². The minimum absolute atomic E-state index is 0.147. The first-order valence-corrected chi connectivity index (χ1v) is 10.8. The molecule has 0 amide bonds. The molecule has 4 rings (SSSR count). The van der Waals surface area contributed by atoms with Crippen LogP contribution in [0.1, 0.15) is 17.2 Å². The third-order valence-corrected chi connectivity index (χ3v) is 6.72. The van der Waals surface area contributed by atoms with Gasteiger partial charge in [0.15, 0.2) is 0 Å². The zero-order valence-electron chi connectivity index (χ0n) is 14.3. The van der Waals surface area contributed by atoms with Crippen LogP contribution >= 0.6 is 46.3 Å². The molecule has 2 aromatic heterocycles. The van der Waals surface area contributed by atoms with E-state index in [9.17, 15) is 9.90 Å². The van der Waals surface area contributed by atoms with E-state index in [1.807, 2.05) is 47.2 Å². The smallest absolute Gasteiger partial charge is 0.282 e. The van der Waals surface area contributed by atoms with E-state index in [0.29, 0.717) is 14.9 Å². The second-order valence-corrected chi connectivity index (χ2v) is 8.69. The molecule has 8 heteroatoms. The van der Waals surface area contributed by atoms with E-state index in [1.165, 1.54) is 4.68 Å². The molecule has 4 aromatic rings. The van der Waals surface area contributed by atoms with E-state index in [2.05, 4.69) is 5.10 Å². The quantitative estimate of drug-likeness (QED) is 0.391. The highest BCUT2D eigenvalue weighted by Crippen LogP contribution is 2.39. The number of aromatic amines is 1. The van der Waals surface area contributed by atoms with Crippen LogP contribution in [0.2, 0.25) is 10.0 Å². The van der Waals surface area contributed by atoms with E-state index in [-0.39, 0.29) is 16.3 Å². The number of hydrogen-bond donors (Lipinski definition) is 2. The molecule has 0 radical (unpaired) electrons. The third kappa shape index (κ3) is 3.73. The first-order valence-electron chi connectivity index (χ1n) is 8.28. The van der Waals surface area contributed by atoms with Gasteiger partial charge < -0.3 is 5.11 Å². The Morgan fingerprint density at radius 2 is 1.89 bits per heavy atom. The first-order chi connectivity index (χ1) is 13.5. The van der Waals surface area contributed by atoms with Crippen molar-refractivity contribution < 1.29 is 5.11 Å². The van der Waals surface area contributed by atoms with Crippen molar-refractivity contribution in [3.63, 3.8) is 0 Å². The summed E-state index contributed by atoms with van der Waals surface area (Å²) in [6.45, 7) is 0. The number of hydrogen-bond acceptors (Lipinski definition) is 4. The Morgan fingerprint density at radius 1 is 1.07 bits per heavy atom. The molecule has 0 spiro atoms. The zero-order valence-corrected chi connectivity index (χ0v) is 17.4. The van der Waals surface area contributed by atoms with Crippen molar-refractivity contribution in [3.8, 4) is 5.88 Å². The van der Waals surface area contributed by atoms with E-state index < -0.39 is 6.04 Å². The van der Waals surface area contributed by atoms with Crippen LogP contribution in [0.25, 0.3) is 0 Å².